The summed E-state index contributed by atoms with van der Waals surface area (Å²) in [5, 5.41) is 0. The molecular formula is C18H21N3O5S2. The largest absolute Gasteiger partial charge is 0.335 e. The molecule has 3 rings (SSSR count). The maximum absolute atomic E-state index is 13.0. The van der Waals surface area contributed by atoms with Crippen LogP contribution in [0.4, 0.5) is 0 Å². The first-order chi connectivity index (χ1) is 13.0. The van der Waals surface area contributed by atoms with E-state index in [0.29, 0.717) is 0 Å². The zero-order valence-electron chi connectivity index (χ0n) is 15.7. The summed E-state index contributed by atoms with van der Waals surface area (Å²) < 4.78 is 50.7. The first-order valence-corrected chi connectivity index (χ1v) is 12.0. The van der Waals surface area contributed by atoms with E-state index in [0.717, 1.165) is 11.8 Å². The van der Waals surface area contributed by atoms with E-state index in [4.69, 9.17) is 0 Å². The van der Waals surface area contributed by atoms with Crippen molar-refractivity contribution >= 4 is 31.6 Å². The van der Waals surface area contributed by atoms with Crippen molar-refractivity contribution in [3.8, 4) is 0 Å². The second-order valence-corrected chi connectivity index (χ2v) is 10.5. The van der Waals surface area contributed by atoms with Gasteiger partial charge in [0.15, 0.2) is 15.7 Å². The normalized spacial score (nSPS) is 19.3. The number of sulfonamides is 1. The molecule has 2 aliphatic heterocycles. The monoisotopic (exact) mass is 423 g/mol. The van der Waals surface area contributed by atoms with Crippen molar-refractivity contribution in [2.75, 3.05) is 25.6 Å². The maximum atomic E-state index is 13.0. The molecular weight excluding hydrogens is 402 g/mol. The summed E-state index contributed by atoms with van der Waals surface area (Å²) in [6.45, 7) is 2.05. The molecule has 0 spiro atoms. The molecule has 0 N–H and O–H groups in total. The Morgan fingerprint density at radius 1 is 1.25 bits per heavy atom. The van der Waals surface area contributed by atoms with Gasteiger partial charge >= 0.3 is 0 Å². The Hall–Kier alpha value is -2.46. The van der Waals surface area contributed by atoms with Crippen molar-refractivity contribution in [2.24, 2.45) is 4.40 Å². The summed E-state index contributed by atoms with van der Waals surface area (Å²) in [7, 11) is -5.28. The minimum absolute atomic E-state index is 0.0960. The van der Waals surface area contributed by atoms with Gasteiger partial charge in [-0.05, 0) is 36.8 Å². The number of nitrogens with zero attached hydrogens (tertiary/aromatic N) is 3. The van der Waals surface area contributed by atoms with Crippen molar-refractivity contribution < 1.29 is 21.6 Å². The van der Waals surface area contributed by atoms with Crippen LogP contribution in [0.2, 0.25) is 0 Å². The summed E-state index contributed by atoms with van der Waals surface area (Å²) >= 11 is 0. The highest BCUT2D eigenvalue weighted by Crippen LogP contribution is 2.25. The van der Waals surface area contributed by atoms with E-state index in [2.05, 4.69) is 4.40 Å². The number of carbonyl (C=O) groups is 1. The minimum Gasteiger partial charge on any atom is -0.335 e. The van der Waals surface area contributed by atoms with Gasteiger partial charge in [-0.15, -0.1) is 4.40 Å². The first-order valence-electron chi connectivity index (χ1n) is 8.55. The van der Waals surface area contributed by atoms with Gasteiger partial charge in [-0.1, -0.05) is 12.1 Å². The Kier molecular flexibility index (Phi) is 5.20. The van der Waals surface area contributed by atoms with Crippen LogP contribution >= 0.6 is 0 Å². The molecule has 0 bridgehead atoms. The van der Waals surface area contributed by atoms with Gasteiger partial charge in [0.2, 0.25) is 0 Å². The molecule has 1 aromatic carbocycles. The van der Waals surface area contributed by atoms with Gasteiger partial charge in [-0.3, -0.25) is 4.79 Å². The van der Waals surface area contributed by atoms with Crippen LogP contribution in [0.5, 0.6) is 0 Å². The number of allylic oxidation sites excluding steroid dienone is 2. The van der Waals surface area contributed by atoms with E-state index < -0.39 is 19.9 Å². The van der Waals surface area contributed by atoms with E-state index in [1.165, 1.54) is 17.0 Å². The number of amidine groups is 1. The second-order valence-electron chi connectivity index (χ2n) is 6.75. The Morgan fingerprint density at radius 3 is 2.50 bits per heavy atom. The Morgan fingerprint density at radius 2 is 1.89 bits per heavy atom. The smallest absolute Gasteiger partial charge is 0.257 e. The lowest BCUT2D eigenvalue weighted by molar-refractivity contribution is -0.127. The summed E-state index contributed by atoms with van der Waals surface area (Å²) in [6.07, 6.45) is 6.06. The number of hydrogen-bond donors (Lipinski definition) is 0. The number of benzene rings is 1. The summed E-state index contributed by atoms with van der Waals surface area (Å²) in [6, 6.07) is 5.97. The number of carbonyl (C=O) groups excluding carboxylic acids is 1. The lowest BCUT2D eigenvalue weighted by atomic mass is 10.0. The fourth-order valence-corrected chi connectivity index (χ4v) is 4.58. The number of sulfone groups is 1. The molecule has 0 aromatic heterocycles. The summed E-state index contributed by atoms with van der Waals surface area (Å²) in [4.78, 5) is 16.4. The third-order valence-electron chi connectivity index (χ3n) is 4.78. The van der Waals surface area contributed by atoms with Gasteiger partial charge in [-0.25, -0.2) is 16.8 Å². The molecule has 0 saturated carbocycles. The lowest BCUT2D eigenvalue weighted by Crippen LogP contribution is -2.43. The average molecular weight is 424 g/mol. The lowest BCUT2D eigenvalue weighted by Gasteiger charge is -2.32. The second kappa shape index (κ2) is 7.17. The topological polar surface area (TPSA) is 104 Å². The molecule has 0 radical (unpaired) electrons. The van der Waals surface area contributed by atoms with Crippen LogP contribution in [-0.4, -0.2) is 64.0 Å². The maximum Gasteiger partial charge on any atom is 0.257 e. The minimum atomic E-state index is -3.59. The van der Waals surface area contributed by atoms with Crippen LogP contribution in [0.15, 0.2) is 57.5 Å². The highest BCUT2D eigenvalue weighted by Gasteiger charge is 2.32. The highest BCUT2D eigenvalue weighted by atomic mass is 32.2. The number of hydrogen-bond acceptors (Lipinski definition) is 6. The van der Waals surface area contributed by atoms with Crippen LogP contribution in [-0.2, 0) is 24.7 Å². The Bertz CT molecular complexity index is 1100. The fraction of sp³-hybridized carbons (Fsp3) is 0.333. The van der Waals surface area contributed by atoms with E-state index in [1.54, 1.807) is 42.4 Å². The fourth-order valence-electron chi connectivity index (χ4n) is 2.97. The standard InChI is InChI=1S/C18H21N3O5S2/c1-13(14-6-8-15(9-7-14)27(3,23)24)20(2)18(22)16-5-4-10-21-11-12-28(25,26)19-17(16)21/h4-10,13H,11-12H2,1-3H3. The van der Waals surface area contributed by atoms with Crippen LogP contribution in [0.25, 0.3) is 0 Å². The molecule has 10 heteroatoms. The van der Waals surface area contributed by atoms with Crippen molar-refractivity contribution in [1.29, 1.82) is 0 Å². The van der Waals surface area contributed by atoms with Crippen LogP contribution in [0.1, 0.15) is 18.5 Å². The molecule has 0 aliphatic carbocycles. The van der Waals surface area contributed by atoms with Gasteiger partial charge in [0.05, 0.1) is 22.3 Å². The molecule has 0 fully saturated rings. The molecule has 8 nitrogen and oxygen atoms in total. The van der Waals surface area contributed by atoms with E-state index in [9.17, 15) is 21.6 Å². The molecule has 2 heterocycles. The molecule has 1 unspecified atom stereocenters. The van der Waals surface area contributed by atoms with E-state index in [1.807, 2.05) is 6.92 Å². The first kappa shape index (κ1) is 20.3. The number of fused-ring (bicyclic) bond motifs is 1. The molecule has 1 aromatic rings. The number of likely N-dealkylation sites (N-methyl/N-ethyl adjacent to an activating group) is 1. The molecule has 28 heavy (non-hydrogen) atoms. The number of rotatable bonds is 4. The van der Waals surface area contributed by atoms with Gasteiger partial charge in [0, 0.05) is 26.0 Å². The van der Waals surface area contributed by atoms with Crippen LogP contribution in [0, 0.1) is 0 Å². The number of amides is 1. The SMILES string of the molecule is CC(c1ccc(S(C)(=O)=O)cc1)N(C)C(=O)C1=CC=CN2CCS(=O)(=O)N=C12. The zero-order valence-corrected chi connectivity index (χ0v) is 17.4. The van der Waals surface area contributed by atoms with Gasteiger partial charge in [-0.2, -0.15) is 0 Å². The Balaban J connectivity index is 1.86. The molecule has 1 atom stereocenters. The van der Waals surface area contributed by atoms with E-state index >= 15 is 0 Å². The molecule has 0 saturated heterocycles. The van der Waals surface area contributed by atoms with Crippen molar-refractivity contribution in [1.82, 2.24) is 9.80 Å². The highest BCUT2D eigenvalue weighted by molar-refractivity contribution is 7.90. The van der Waals surface area contributed by atoms with Gasteiger partial charge in [0.1, 0.15) is 0 Å². The van der Waals surface area contributed by atoms with Crippen LogP contribution in [0.3, 0.4) is 0 Å². The van der Waals surface area contributed by atoms with Crippen molar-refractivity contribution in [3.63, 3.8) is 0 Å². The van der Waals surface area contributed by atoms with E-state index in [-0.39, 0.29) is 40.6 Å². The molecule has 2 aliphatic rings. The van der Waals surface area contributed by atoms with Gasteiger partial charge in [0.25, 0.3) is 15.9 Å². The van der Waals surface area contributed by atoms with Crippen LogP contribution < -0.4 is 0 Å². The summed E-state index contributed by atoms with van der Waals surface area (Å²) in [5.74, 6) is -0.337. The van der Waals surface area contributed by atoms with Crippen molar-refractivity contribution in [3.05, 3.63) is 53.8 Å². The van der Waals surface area contributed by atoms with Crippen molar-refractivity contribution in [2.45, 2.75) is 17.9 Å². The quantitative estimate of drug-likeness (QED) is 0.718. The average Bonchev–Trinajstić information content (AvgIpc) is 2.64. The third kappa shape index (κ3) is 4.02. The Labute approximate surface area is 164 Å². The predicted octanol–water partition coefficient (Wildman–Crippen LogP) is 1.11. The zero-order chi connectivity index (χ0) is 20.7. The third-order valence-corrected chi connectivity index (χ3v) is 7.06. The van der Waals surface area contributed by atoms with Gasteiger partial charge < -0.3 is 9.80 Å². The summed E-state index contributed by atoms with van der Waals surface area (Å²) in [5.41, 5.74) is 0.957. The predicted molar refractivity (Wildman–Crippen MR) is 106 cm³/mol. The molecule has 1 amide bonds. The molecule has 150 valence electrons.